The third kappa shape index (κ3) is 14.7. The Hall–Kier alpha value is -10.5. The average molecular weight is 1360 g/mol. The van der Waals surface area contributed by atoms with E-state index in [0.717, 1.165) is 24.3 Å². The first-order valence-electron chi connectivity index (χ1n) is 23.5. The molecule has 466 valence electrons. The number of anilines is 8. The number of rotatable bonds is 20. The number of nitrogens with zero attached hydrogens (tertiary/aromatic N) is 10. The molecule has 0 aliphatic heterocycles. The van der Waals surface area contributed by atoms with Crippen LogP contribution in [-0.4, -0.2) is 140 Å². The molecular formula is C46H32N14O24S6. The van der Waals surface area contributed by atoms with E-state index in [2.05, 4.69) is 71.6 Å². The summed E-state index contributed by atoms with van der Waals surface area (Å²) in [6, 6.07) is 15.2. The summed E-state index contributed by atoms with van der Waals surface area (Å²) < 4.78 is 204. The van der Waals surface area contributed by atoms with Gasteiger partial charge in [-0.25, -0.2) is 9.59 Å². The van der Waals surface area contributed by atoms with Gasteiger partial charge >= 0.3 is 24.0 Å². The van der Waals surface area contributed by atoms with Crippen LogP contribution in [0.15, 0.2) is 159 Å². The molecule has 7 aromatic carbocycles. The number of carbonyl (C=O) groups is 2. The molecule has 0 aliphatic carbocycles. The topological polar surface area (TPSA) is 616 Å². The SMILES string of the molecule is O=C(O)c1cc(Nc2nc(O)nc(Nc3ccc(N=Nc4cc(S(=O)(=O)O)c5cc(S(=O)(=O)O)cc(S(=O)(=O)O)c5c4)cc3)n2)c(C(=O)O)cc1Nc1nc(O)nc(Nc2ccc(N=Nc3cc(S(=O)(=O)O)c4cc(S(=O)(=O)O)cc(S(=O)(=O)O)c4c3)cc2)n1. The van der Waals surface area contributed by atoms with Crippen molar-refractivity contribution >= 4 is 163 Å². The summed E-state index contributed by atoms with van der Waals surface area (Å²) in [5, 5.41) is 64.5. The van der Waals surface area contributed by atoms with Crippen LogP contribution in [0.5, 0.6) is 12.0 Å². The zero-order chi connectivity index (χ0) is 65.8. The standard InChI is InChI=1S/C46H32N14O24S6/c61-39(62)31-18-34(50-44-52-42(54-46(66)56-44)48-20-3-7-22(8-4-20)58-60-24-10-28-30(36(12-24)88(76,77)78)14-26(86(70,71)72)16-38(28)90(82,83)84)32(40(63)64)17-33(31)49-43-51-41(53-45(65)55-43)47-19-1-5-21(6-2-19)57-59-23-9-27-29(35(11-23)87(73,74)75)13-25(85(67,68)69)15-37(27)89(79,80)81/h1-18H,(H,61,62)(H,63,64)(H,67,68,69)(H,70,71,72)(H,73,74,75)(H,76,77,78)(H,79,80,81)(H,82,83,84)(H3,47,49,51,53,55,65)(H3,48,50,52,54,56,66). The number of nitrogens with one attached hydrogen (secondary N) is 4. The fourth-order valence-electron chi connectivity index (χ4n) is 8.04. The van der Waals surface area contributed by atoms with E-state index in [1.54, 1.807) is 0 Å². The highest BCUT2D eigenvalue weighted by molar-refractivity contribution is 7.88. The molecular weight excluding hydrogens is 1320 g/mol. The van der Waals surface area contributed by atoms with Crippen molar-refractivity contribution in [2.24, 2.45) is 20.5 Å². The molecule has 44 heteroatoms. The number of carboxylic acids is 2. The van der Waals surface area contributed by atoms with Gasteiger partial charge in [-0.15, -0.1) is 0 Å². The molecule has 0 unspecified atom stereocenters. The average Bonchev–Trinajstić information content (AvgIpc) is 0.790. The number of benzene rings is 7. The molecule has 38 nitrogen and oxygen atoms in total. The smallest absolute Gasteiger partial charge is 0.337 e. The van der Waals surface area contributed by atoms with Gasteiger partial charge in [-0.2, -0.15) is 101 Å². The number of aromatic hydroxyl groups is 2. The van der Waals surface area contributed by atoms with E-state index >= 15 is 0 Å². The van der Waals surface area contributed by atoms with Crippen LogP contribution in [0.3, 0.4) is 0 Å². The fourth-order valence-corrected chi connectivity index (χ4v) is 12.1. The molecule has 2 aromatic heterocycles. The Morgan fingerprint density at radius 2 is 0.611 bits per heavy atom. The largest absolute Gasteiger partial charge is 0.479 e. The van der Waals surface area contributed by atoms with Gasteiger partial charge in [0.05, 0.1) is 55.0 Å². The first-order chi connectivity index (χ1) is 41.8. The Kier molecular flexibility index (Phi) is 16.7. The molecule has 9 aromatic rings. The van der Waals surface area contributed by atoms with Crippen molar-refractivity contribution in [3.8, 4) is 12.0 Å². The van der Waals surface area contributed by atoms with E-state index in [1.807, 2.05) is 0 Å². The van der Waals surface area contributed by atoms with Crippen molar-refractivity contribution in [3.63, 3.8) is 0 Å². The molecule has 0 fully saturated rings. The molecule has 0 aliphatic rings. The molecule has 0 radical (unpaired) electrons. The number of hydrogen-bond donors (Lipinski definition) is 14. The van der Waals surface area contributed by atoms with Gasteiger partial charge < -0.3 is 41.7 Å². The normalized spacial score (nSPS) is 12.6. The summed E-state index contributed by atoms with van der Waals surface area (Å²) in [7, 11) is -31.5. The summed E-state index contributed by atoms with van der Waals surface area (Å²) in [6.45, 7) is 0. The van der Waals surface area contributed by atoms with Crippen LogP contribution < -0.4 is 21.3 Å². The van der Waals surface area contributed by atoms with Crippen molar-refractivity contribution in [1.82, 2.24) is 29.9 Å². The summed E-state index contributed by atoms with van der Waals surface area (Å²) in [5.74, 6) is -5.20. The van der Waals surface area contributed by atoms with Gasteiger partial charge in [0.2, 0.25) is 23.8 Å². The number of hydrogen-bond acceptors (Lipinski definition) is 30. The minimum atomic E-state index is -5.32. The van der Waals surface area contributed by atoms with E-state index in [0.29, 0.717) is 36.4 Å². The quantitative estimate of drug-likeness (QED) is 0.0287. The van der Waals surface area contributed by atoms with Gasteiger partial charge in [-0.1, -0.05) is 0 Å². The molecule has 0 amide bonds. The molecule has 0 saturated heterocycles. The second-order valence-corrected chi connectivity index (χ2v) is 26.3. The predicted molar refractivity (Wildman–Crippen MR) is 304 cm³/mol. The number of azo groups is 2. The van der Waals surface area contributed by atoms with Crippen LogP contribution in [0, 0.1) is 0 Å². The Labute approximate surface area is 502 Å². The lowest BCUT2D eigenvalue weighted by Crippen LogP contribution is -2.12. The second-order valence-electron chi connectivity index (χ2n) is 17.9. The first-order valence-corrected chi connectivity index (χ1v) is 32.2. The predicted octanol–water partition coefficient (Wildman–Crippen LogP) is 6.46. The maximum Gasteiger partial charge on any atom is 0.337 e. The highest BCUT2D eigenvalue weighted by atomic mass is 32.2. The van der Waals surface area contributed by atoms with Gasteiger partial charge in [-0.05, 0) is 109 Å². The lowest BCUT2D eigenvalue weighted by atomic mass is 10.1. The number of aromatic carboxylic acids is 2. The second kappa shape index (κ2) is 23.5. The highest BCUT2D eigenvalue weighted by Crippen LogP contribution is 2.39. The molecule has 2 heterocycles. The summed E-state index contributed by atoms with van der Waals surface area (Å²) in [6.07, 6.45) is 0. The zero-order valence-electron chi connectivity index (χ0n) is 43.5. The molecule has 9 rings (SSSR count). The number of fused-ring (bicyclic) bond motifs is 2. The fraction of sp³-hybridized carbons (Fsp3) is 0. The number of carboxylic acid groups (broad SMARTS) is 2. The highest BCUT2D eigenvalue weighted by Gasteiger charge is 2.29. The molecule has 0 spiro atoms. The minimum absolute atomic E-state index is 0.0277. The summed E-state index contributed by atoms with van der Waals surface area (Å²) in [4.78, 5) is 41.6. The molecule has 90 heavy (non-hydrogen) atoms. The van der Waals surface area contributed by atoms with E-state index in [9.17, 15) is 108 Å². The van der Waals surface area contributed by atoms with Gasteiger partial charge in [0.25, 0.3) is 60.7 Å². The summed E-state index contributed by atoms with van der Waals surface area (Å²) in [5.41, 5.74) is -2.70. The summed E-state index contributed by atoms with van der Waals surface area (Å²) >= 11 is 0. The monoisotopic (exact) mass is 1360 g/mol. The third-order valence-corrected chi connectivity index (χ3v) is 17.0. The van der Waals surface area contributed by atoms with E-state index in [-0.39, 0.29) is 22.7 Å². The van der Waals surface area contributed by atoms with Gasteiger partial charge in [0.15, 0.2) is 0 Å². The molecule has 0 bridgehead atoms. The third-order valence-electron chi connectivity index (χ3n) is 11.8. The Bertz CT molecular complexity index is 5010. The van der Waals surface area contributed by atoms with Crippen LogP contribution >= 0.6 is 0 Å². The van der Waals surface area contributed by atoms with Crippen LogP contribution in [0.4, 0.5) is 69.3 Å². The Morgan fingerprint density at radius 3 is 0.900 bits per heavy atom. The Balaban J connectivity index is 0.910. The van der Waals surface area contributed by atoms with E-state index in [1.165, 1.54) is 48.5 Å². The zero-order valence-corrected chi connectivity index (χ0v) is 48.4. The Morgan fingerprint density at radius 1 is 0.333 bits per heavy atom. The maximum absolute atomic E-state index is 12.6. The van der Waals surface area contributed by atoms with Crippen LogP contribution in [0.2, 0.25) is 0 Å². The lowest BCUT2D eigenvalue weighted by Gasteiger charge is -2.15. The van der Waals surface area contributed by atoms with Crippen molar-refractivity contribution in [3.05, 3.63) is 120 Å². The van der Waals surface area contributed by atoms with Gasteiger partial charge in [0.1, 0.15) is 19.6 Å². The van der Waals surface area contributed by atoms with Crippen molar-refractivity contribution < 1.29 is 108 Å². The maximum atomic E-state index is 12.6. The number of aromatic nitrogens is 6. The van der Waals surface area contributed by atoms with Crippen molar-refractivity contribution in [2.45, 2.75) is 29.4 Å². The molecule has 0 saturated carbocycles. The van der Waals surface area contributed by atoms with Crippen LogP contribution in [0.1, 0.15) is 20.7 Å². The van der Waals surface area contributed by atoms with Crippen LogP contribution in [0.25, 0.3) is 21.5 Å². The van der Waals surface area contributed by atoms with E-state index < -0.39 is 193 Å². The first kappa shape index (κ1) is 64.0. The van der Waals surface area contributed by atoms with Gasteiger partial charge in [0, 0.05) is 32.9 Å². The van der Waals surface area contributed by atoms with Crippen molar-refractivity contribution in [2.75, 3.05) is 21.3 Å². The van der Waals surface area contributed by atoms with Gasteiger partial charge in [-0.3, -0.25) is 27.3 Å². The lowest BCUT2D eigenvalue weighted by molar-refractivity contribution is 0.0683. The van der Waals surface area contributed by atoms with Crippen molar-refractivity contribution in [1.29, 1.82) is 0 Å². The molecule has 0 atom stereocenters. The van der Waals surface area contributed by atoms with Crippen LogP contribution in [-0.2, 0) is 60.7 Å². The van der Waals surface area contributed by atoms with E-state index in [4.69, 9.17) is 0 Å². The minimum Gasteiger partial charge on any atom is -0.479 e. The molecule has 14 N–H and O–H groups in total.